The lowest BCUT2D eigenvalue weighted by molar-refractivity contribution is -0.0417. The van der Waals surface area contributed by atoms with Crippen LogP contribution < -0.4 is 0 Å². The molecule has 1 N–H and O–H groups in total. The van der Waals surface area contributed by atoms with Gasteiger partial charge in [0.25, 0.3) is 0 Å². The van der Waals surface area contributed by atoms with Gasteiger partial charge < -0.3 is 14.4 Å². The van der Waals surface area contributed by atoms with E-state index in [1.807, 2.05) is 0 Å². The number of aliphatic hydroxyl groups excluding tert-OH is 1. The fourth-order valence-electron chi connectivity index (χ4n) is 5.10. The standard InChI is InChI=1S/C22H26N2O2/c1-23-20-5-3-2-4-18(20)19-7-6-16(10-21(19)23)11-24-12-17-13-26-9-8-22(17,14-24)15-25/h2-7,10,17,25H,8-9,11-15H2,1H3/t17-,22-/m1/s1. The fraction of sp³-hybridized carbons (Fsp3) is 0.455. The second-order valence-electron chi connectivity index (χ2n) is 8.14. The van der Waals surface area contributed by atoms with Crippen LogP contribution in [0.1, 0.15) is 12.0 Å². The maximum Gasteiger partial charge on any atom is 0.0513 e. The van der Waals surface area contributed by atoms with Crippen molar-refractivity contribution in [1.82, 2.24) is 9.47 Å². The number of rotatable bonds is 3. The van der Waals surface area contributed by atoms with Gasteiger partial charge in [-0.1, -0.05) is 30.3 Å². The zero-order valence-electron chi connectivity index (χ0n) is 15.3. The highest BCUT2D eigenvalue weighted by Gasteiger charge is 2.47. The molecule has 0 radical (unpaired) electrons. The molecule has 2 aliphatic rings. The van der Waals surface area contributed by atoms with Crippen molar-refractivity contribution in [2.24, 2.45) is 18.4 Å². The third-order valence-corrected chi connectivity index (χ3v) is 6.65. The number of aliphatic hydroxyl groups is 1. The molecule has 4 nitrogen and oxygen atoms in total. The van der Waals surface area contributed by atoms with Gasteiger partial charge in [0.15, 0.2) is 0 Å². The minimum Gasteiger partial charge on any atom is -0.396 e. The maximum absolute atomic E-state index is 10.0. The van der Waals surface area contributed by atoms with E-state index in [1.165, 1.54) is 27.4 Å². The third-order valence-electron chi connectivity index (χ3n) is 6.65. The SMILES string of the molecule is Cn1c2ccccc2c2ccc(CN3C[C@@H]4COCC[C@]4(CO)C3)cc21. The number of ether oxygens (including phenoxy) is 1. The number of fused-ring (bicyclic) bond motifs is 4. The molecule has 0 bridgehead atoms. The average Bonchev–Trinajstić information content (AvgIpc) is 3.18. The fourth-order valence-corrected chi connectivity index (χ4v) is 5.10. The quantitative estimate of drug-likeness (QED) is 0.788. The molecule has 0 unspecified atom stereocenters. The lowest BCUT2D eigenvalue weighted by atomic mass is 9.75. The predicted octanol–water partition coefficient (Wildman–Crippen LogP) is 3.16. The van der Waals surface area contributed by atoms with E-state index < -0.39 is 0 Å². The molecular formula is C22H26N2O2. The minimum absolute atomic E-state index is 0.0437. The van der Waals surface area contributed by atoms with E-state index in [4.69, 9.17) is 4.74 Å². The molecule has 2 fully saturated rings. The van der Waals surface area contributed by atoms with Crippen LogP contribution in [0, 0.1) is 11.3 Å². The minimum atomic E-state index is 0.0437. The summed E-state index contributed by atoms with van der Waals surface area (Å²) in [6.45, 7) is 4.79. The number of likely N-dealkylation sites (tertiary alicyclic amines) is 1. The first-order valence-electron chi connectivity index (χ1n) is 9.57. The van der Waals surface area contributed by atoms with Crippen LogP contribution in [0.15, 0.2) is 42.5 Å². The largest absolute Gasteiger partial charge is 0.396 e. The maximum atomic E-state index is 10.0. The zero-order chi connectivity index (χ0) is 17.7. The van der Waals surface area contributed by atoms with Gasteiger partial charge in [-0.15, -0.1) is 0 Å². The molecule has 3 heterocycles. The van der Waals surface area contributed by atoms with Crippen molar-refractivity contribution in [3.05, 3.63) is 48.0 Å². The topological polar surface area (TPSA) is 37.6 Å². The van der Waals surface area contributed by atoms with Gasteiger partial charge in [0.05, 0.1) is 13.2 Å². The molecule has 136 valence electrons. The molecule has 0 saturated carbocycles. The van der Waals surface area contributed by atoms with Gasteiger partial charge in [-0.25, -0.2) is 0 Å². The van der Waals surface area contributed by atoms with E-state index in [2.05, 4.69) is 59.0 Å². The average molecular weight is 350 g/mol. The highest BCUT2D eigenvalue weighted by Crippen LogP contribution is 2.42. The highest BCUT2D eigenvalue weighted by molar-refractivity contribution is 6.08. The van der Waals surface area contributed by atoms with Crippen LogP contribution in [0.5, 0.6) is 0 Å². The molecule has 2 aliphatic heterocycles. The van der Waals surface area contributed by atoms with Crippen LogP contribution in [-0.2, 0) is 18.3 Å². The van der Waals surface area contributed by atoms with Gasteiger partial charge in [-0.2, -0.15) is 0 Å². The van der Waals surface area contributed by atoms with Crippen LogP contribution >= 0.6 is 0 Å². The number of aromatic nitrogens is 1. The Hall–Kier alpha value is -1.88. The van der Waals surface area contributed by atoms with Crippen molar-refractivity contribution in [1.29, 1.82) is 0 Å². The molecule has 0 amide bonds. The van der Waals surface area contributed by atoms with Gasteiger partial charge in [0, 0.05) is 66.4 Å². The highest BCUT2D eigenvalue weighted by atomic mass is 16.5. The smallest absolute Gasteiger partial charge is 0.0513 e. The summed E-state index contributed by atoms with van der Waals surface area (Å²) in [5.41, 5.74) is 3.96. The van der Waals surface area contributed by atoms with E-state index in [0.29, 0.717) is 5.92 Å². The molecule has 2 atom stereocenters. The first-order valence-corrected chi connectivity index (χ1v) is 9.57. The van der Waals surface area contributed by atoms with E-state index >= 15 is 0 Å². The molecule has 26 heavy (non-hydrogen) atoms. The van der Waals surface area contributed by atoms with Crippen LogP contribution in [0.2, 0.25) is 0 Å². The number of benzene rings is 2. The Morgan fingerprint density at radius 2 is 2.00 bits per heavy atom. The van der Waals surface area contributed by atoms with Gasteiger partial charge in [-0.05, 0) is 24.1 Å². The van der Waals surface area contributed by atoms with Crippen LogP contribution in [0.25, 0.3) is 21.8 Å². The van der Waals surface area contributed by atoms with Crippen LogP contribution in [-0.4, -0.2) is 47.5 Å². The number of hydrogen-bond acceptors (Lipinski definition) is 3. The zero-order valence-corrected chi connectivity index (χ0v) is 15.3. The first kappa shape index (κ1) is 16.3. The molecule has 2 saturated heterocycles. The second-order valence-corrected chi connectivity index (χ2v) is 8.14. The van der Waals surface area contributed by atoms with Crippen molar-refractivity contribution in [3.63, 3.8) is 0 Å². The van der Waals surface area contributed by atoms with Crippen molar-refractivity contribution < 1.29 is 9.84 Å². The number of para-hydroxylation sites is 1. The Morgan fingerprint density at radius 3 is 2.85 bits per heavy atom. The molecule has 0 spiro atoms. The number of nitrogens with zero attached hydrogens (tertiary/aromatic N) is 2. The van der Waals surface area contributed by atoms with E-state index in [-0.39, 0.29) is 12.0 Å². The summed E-state index contributed by atoms with van der Waals surface area (Å²) < 4.78 is 7.97. The summed E-state index contributed by atoms with van der Waals surface area (Å²) in [6.07, 6.45) is 0.979. The molecule has 1 aromatic heterocycles. The van der Waals surface area contributed by atoms with E-state index in [0.717, 1.165) is 39.3 Å². The Balaban J connectivity index is 1.45. The predicted molar refractivity (Wildman–Crippen MR) is 104 cm³/mol. The Labute approximate surface area is 154 Å². The normalized spacial score (nSPS) is 26.6. The number of aryl methyl sites for hydroxylation is 1. The molecule has 3 aromatic rings. The molecule has 0 aliphatic carbocycles. The van der Waals surface area contributed by atoms with Crippen molar-refractivity contribution >= 4 is 21.8 Å². The summed E-state index contributed by atoms with van der Waals surface area (Å²) >= 11 is 0. The summed E-state index contributed by atoms with van der Waals surface area (Å²) in [5.74, 6) is 0.461. The second kappa shape index (κ2) is 6.08. The van der Waals surface area contributed by atoms with Crippen molar-refractivity contribution in [2.45, 2.75) is 13.0 Å². The molecule has 5 rings (SSSR count). The first-order chi connectivity index (χ1) is 12.7. The van der Waals surface area contributed by atoms with Gasteiger partial charge in [-0.3, -0.25) is 4.90 Å². The molecule has 2 aromatic carbocycles. The van der Waals surface area contributed by atoms with Gasteiger partial charge in [0.1, 0.15) is 0 Å². The number of hydrogen-bond donors (Lipinski definition) is 1. The summed E-state index contributed by atoms with van der Waals surface area (Å²) in [4.78, 5) is 2.50. The van der Waals surface area contributed by atoms with Crippen LogP contribution in [0.3, 0.4) is 0 Å². The summed E-state index contributed by atoms with van der Waals surface area (Å²) in [6, 6.07) is 15.5. The Morgan fingerprint density at radius 1 is 1.15 bits per heavy atom. The van der Waals surface area contributed by atoms with E-state index in [9.17, 15) is 5.11 Å². The lowest BCUT2D eigenvalue weighted by Gasteiger charge is -2.36. The summed E-state index contributed by atoms with van der Waals surface area (Å²) in [5, 5.41) is 12.6. The monoisotopic (exact) mass is 350 g/mol. The Kier molecular flexibility index (Phi) is 3.82. The Bertz CT molecular complexity index is 963. The summed E-state index contributed by atoms with van der Waals surface area (Å²) in [7, 11) is 2.15. The van der Waals surface area contributed by atoms with Crippen molar-refractivity contribution in [2.75, 3.05) is 32.9 Å². The van der Waals surface area contributed by atoms with Gasteiger partial charge >= 0.3 is 0 Å². The van der Waals surface area contributed by atoms with E-state index in [1.54, 1.807) is 0 Å². The van der Waals surface area contributed by atoms with Crippen molar-refractivity contribution in [3.8, 4) is 0 Å². The molecular weight excluding hydrogens is 324 g/mol. The third kappa shape index (κ3) is 2.40. The lowest BCUT2D eigenvalue weighted by Crippen LogP contribution is -2.41. The van der Waals surface area contributed by atoms with Gasteiger partial charge in [0.2, 0.25) is 0 Å². The molecule has 4 heteroatoms. The van der Waals surface area contributed by atoms with Crippen LogP contribution in [0.4, 0.5) is 0 Å².